The molecule has 8 heteroatoms. The number of hydrogen-bond acceptors (Lipinski definition) is 5. The first-order chi connectivity index (χ1) is 12.8. The monoisotopic (exact) mass is 392 g/mol. The van der Waals surface area contributed by atoms with Crippen LogP contribution in [0.2, 0.25) is 0 Å². The second-order valence-corrected chi connectivity index (χ2v) is 7.14. The molecule has 146 valence electrons. The number of hydrogen-bond donors (Lipinski definition) is 2. The molecule has 1 aliphatic rings. The minimum atomic E-state index is -0.998. The van der Waals surface area contributed by atoms with Gasteiger partial charge in [-0.1, -0.05) is 43.4 Å². The van der Waals surface area contributed by atoms with Crippen LogP contribution in [-0.4, -0.2) is 58.5 Å². The number of nitrogens with two attached hydrogens (primary N) is 1. The predicted octanol–water partition coefficient (Wildman–Crippen LogP) is 1.62. The summed E-state index contributed by atoms with van der Waals surface area (Å²) >= 11 is 4.89. The van der Waals surface area contributed by atoms with E-state index in [1.807, 2.05) is 0 Å². The van der Waals surface area contributed by atoms with Crippen LogP contribution in [0.4, 0.5) is 0 Å². The maximum atomic E-state index is 12.6. The number of ketones is 1. The van der Waals surface area contributed by atoms with E-state index in [0.29, 0.717) is 37.1 Å². The first kappa shape index (κ1) is 21.0. The lowest BCUT2D eigenvalue weighted by atomic mass is 9.96. The molecule has 7 nitrogen and oxygen atoms in total. The molecule has 0 bridgehead atoms. The number of carboxylic acids is 1. The Kier molecular flexibility index (Phi) is 7.44. The molecule has 0 aromatic heterocycles. The molecule has 0 radical (unpaired) electrons. The number of Topliss-reactive ketones (excluding diaryl/α,β-unsaturated/α-hetero) is 1. The number of amides is 1. The summed E-state index contributed by atoms with van der Waals surface area (Å²) in [4.78, 5) is 37.5. The van der Waals surface area contributed by atoms with E-state index >= 15 is 0 Å². The zero-order valence-electron chi connectivity index (χ0n) is 15.2. The van der Waals surface area contributed by atoms with Crippen LogP contribution < -0.4 is 5.73 Å². The van der Waals surface area contributed by atoms with Crippen molar-refractivity contribution < 1.29 is 24.2 Å². The first-order valence-corrected chi connectivity index (χ1v) is 9.24. The van der Waals surface area contributed by atoms with Crippen molar-refractivity contribution in [3.63, 3.8) is 0 Å². The molecule has 0 unspecified atom stereocenters. The molecule has 1 heterocycles. The number of piperidine rings is 1. The molecule has 1 aromatic rings. The number of aliphatic carboxylic acids is 1. The highest BCUT2D eigenvalue weighted by Crippen LogP contribution is 2.19. The van der Waals surface area contributed by atoms with Gasteiger partial charge in [0, 0.05) is 36.6 Å². The maximum absolute atomic E-state index is 12.6. The number of benzene rings is 1. The third kappa shape index (κ3) is 6.11. The van der Waals surface area contributed by atoms with Crippen molar-refractivity contribution in [1.82, 2.24) is 4.90 Å². The normalized spacial score (nSPS) is 16.0. The molecule has 1 atom stereocenters. The van der Waals surface area contributed by atoms with Gasteiger partial charge in [0.05, 0.1) is 6.10 Å². The number of ether oxygens (including phenoxy) is 1. The van der Waals surface area contributed by atoms with Crippen LogP contribution in [0.25, 0.3) is 0 Å². The maximum Gasteiger partial charge on any atom is 0.329 e. The van der Waals surface area contributed by atoms with E-state index in [-0.39, 0.29) is 35.8 Å². The molecule has 0 saturated carbocycles. The van der Waals surface area contributed by atoms with Crippen LogP contribution in [0.5, 0.6) is 0 Å². The average molecular weight is 392 g/mol. The molecule has 1 saturated heterocycles. The molecular formula is C19H24N2O5S. The van der Waals surface area contributed by atoms with Crippen LogP contribution >= 0.6 is 12.2 Å². The first-order valence-electron chi connectivity index (χ1n) is 8.83. The summed E-state index contributed by atoms with van der Waals surface area (Å²) in [6.07, 6.45) is 1.18. The number of nitrogens with zero attached hydrogens (tertiary/aromatic N) is 1. The highest BCUT2D eigenvalue weighted by Gasteiger charge is 2.28. The topological polar surface area (TPSA) is 110 Å². The van der Waals surface area contributed by atoms with E-state index in [2.05, 4.69) is 0 Å². The van der Waals surface area contributed by atoms with Gasteiger partial charge in [0.1, 0.15) is 11.6 Å². The van der Waals surface area contributed by atoms with E-state index in [4.69, 9.17) is 27.8 Å². The van der Waals surface area contributed by atoms with Gasteiger partial charge in [-0.25, -0.2) is 4.79 Å². The fourth-order valence-electron chi connectivity index (χ4n) is 3.05. The number of carbonyl (C=O) groups is 3. The van der Waals surface area contributed by atoms with Crippen LogP contribution in [0.1, 0.15) is 42.1 Å². The van der Waals surface area contributed by atoms with Crippen molar-refractivity contribution in [2.24, 2.45) is 11.7 Å². The highest BCUT2D eigenvalue weighted by atomic mass is 32.1. The second-order valence-electron chi connectivity index (χ2n) is 6.70. The quantitative estimate of drug-likeness (QED) is 0.511. The largest absolute Gasteiger partial charge is 0.480 e. The highest BCUT2D eigenvalue weighted by molar-refractivity contribution is 7.80. The van der Waals surface area contributed by atoms with Crippen molar-refractivity contribution in [2.75, 3.05) is 19.7 Å². The summed E-state index contributed by atoms with van der Waals surface area (Å²) in [5.74, 6) is -1.60. The van der Waals surface area contributed by atoms with E-state index in [1.54, 1.807) is 36.1 Å². The Labute approximate surface area is 163 Å². The molecule has 1 fully saturated rings. The van der Waals surface area contributed by atoms with E-state index in [0.717, 1.165) is 0 Å². The lowest BCUT2D eigenvalue weighted by Crippen LogP contribution is -2.43. The van der Waals surface area contributed by atoms with Crippen molar-refractivity contribution in [2.45, 2.75) is 32.3 Å². The van der Waals surface area contributed by atoms with Gasteiger partial charge in [0.2, 0.25) is 5.91 Å². The van der Waals surface area contributed by atoms with Crippen molar-refractivity contribution in [3.8, 4) is 0 Å². The smallest absolute Gasteiger partial charge is 0.329 e. The molecule has 27 heavy (non-hydrogen) atoms. The van der Waals surface area contributed by atoms with Gasteiger partial charge >= 0.3 is 5.97 Å². The Morgan fingerprint density at radius 2 is 1.78 bits per heavy atom. The Morgan fingerprint density at radius 3 is 2.30 bits per heavy atom. The van der Waals surface area contributed by atoms with Gasteiger partial charge in [0.15, 0.2) is 5.78 Å². The standard InChI is InChI=1S/C19H24N2O5S/c1-12(10-16(22)13-2-4-14(5-3-13)18(20)27)19(25)21-8-6-15(7-9-21)26-11-17(23)24/h2-5,12,15H,6-11H2,1H3,(H2,20,27)(H,23,24)/t12-/m1/s1. The SMILES string of the molecule is C[C@H](CC(=O)c1ccc(C(N)=S)cc1)C(=O)N1CCC(OCC(=O)O)CC1. The molecule has 2 rings (SSSR count). The summed E-state index contributed by atoms with van der Waals surface area (Å²) in [5, 5.41) is 8.64. The predicted molar refractivity (Wildman–Crippen MR) is 104 cm³/mol. The molecule has 1 aromatic carbocycles. The third-order valence-electron chi connectivity index (χ3n) is 4.60. The Balaban J connectivity index is 1.84. The van der Waals surface area contributed by atoms with Crippen molar-refractivity contribution >= 4 is 34.9 Å². The van der Waals surface area contributed by atoms with Crippen LogP contribution in [0.3, 0.4) is 0 Å². The summed E-state index contributed by atoms with van der Waals surface area (Å²) in [7, 11) is 0. The van der Waals surface area contributed by atoms with Gasteiger partial charge in [0.25, 0.3) is 0 Å². The molecule has 1 aliphatic heterocycles. The number of rotatable bonds is 8. The number of thiocarbonyl (C=S) groups is 1. The van der Waals surface area contributed by atoms with Gasteiger partial charge in [-0.3, -0.25) is 9.59 Å². The van der Waals surface area contributed by atoms with E-state index in [1.165, 1.54) is 0 Å². The molecule has 0 aliphatic carbocycles. The molecule has 0 spiro atoms. The summed E-state index contributed by atoms with van der Waals surface area (Å²) in [5.41, 5.74) is 6.76. The van der Waals surface area contributed by atoms with Crippen molar-refractivity contribution in [1.29, 1.82) is 0 Å². The number of likely N-dealkylation sites (tertiary alicyclic amines) is 1. The minimum absolute atomic E-state index is 0.0696. The summed E-state index contributed by atoms with van der Waals surface area (Å²) in [6.45, 7) is 2.43. The fraction of sp³-hybridized carbons (Fsp3) is 0.474. The van der Waals surface area contributed by atoms with Crippen LogP contribution in [0, 0.1) is 5.92 Å². The third-order valence-corrected chi connectivity index (χ3v) is 4.84. The number of carboxylic acid groups (broad SMARTS) is 1. The molecule has 1 amide bonds. The Morgan fingerprint density at radius 1 is 1.22 bits per heavy atom. The zero-order chi connectivity index (χ0) is 20.0. The van der Waals surface area contributed by atoms with E-state index in [9.17, 15) is 14.4 Å². The van der Waals surface area contributed by atoms with Gasteiger partial charge in [-0.15, -0.1) is 0 Å². The van der Waals surface area contributed by atoms with Gasteiger partial charge in [-0.2, -0.15) is 0 Å². The molecule has 3 N–H and O–H groups in total. The zero-order valence-corrected chi connectivity index (χ0v) is 16.0. The fourth-order valence-corrected chi connectivity index (χ4v) is 3.18. The Hall–Kier alpha value is -2.32. The van der Waals surface area contributed by atoms with Crippen LogP contribution in [0.15, 0.2) is 24.3 Å². The summed E-state index contributed by atoms with van der Waals surface area (Å²) in [6, 6.07) is 6.73. The lowest BCUT2D eigenvalue weighted by Gasteiger charge is -2.33. The number of carbonyl (C=O) groups excluding carboxylic acids is 2. The van der Waals surface area contributed by atoms with Crippen molar-refractivity contribution in [3.05, 3.63) is 35.4 Å². The second kappa shape index (κ2) is 9.57. The van der Waals surface area contributed by atoms with Gasteiger partial charge < -0.3 is 20.5 Å². The summed E-state index contributed by atoms with van der Waals surface area (Å²) < 4.78 is 5.27. The Bertz CT molecular complexity index is 711. The minimum Gasteiger partial charge on any atom is -0.480 e. The van der Waals surface area contributed by atoms with Crippen LogP contribution in [-0.2, 0) is 14.3 Å². The average Bonchev–Trinajstić information content (AvgIpc) is 2.66. The van der Waals surface area contributed by atoms with E-state index < -0.39 is 11.9 Å². The van der Waals surface area contributed by atoms with Gasteiger partial charge in [-0.05, 0) is 12.8 Å². The lowest BCUT2D eigenvalue weighted by molar-refractivity contribution is -0.147. The molecular weight excluding hydrogens is 368 g/mol.